The molecule has 0 aliphatic carbocycles. The summed E-state index contributed by atoms with van der Waals surface area (Å²) in [6, 6.07) is 5.25. The minimum absolute atomic E-state index is 0.0898. The van der Waals surface area contributed by atoms with Crippen LogP contribution in [0.15, 0.2) is 34.8 Å². The molecule has 1 aromatic rings. The molecule has 0 spiro atoms. The molecule has 0 heterocycles. The van der Waals surface area contributed by atoms with E-state index >= 15 is 0 Å². The number of carbonyl (C=O) groups excluding carboxylic acids is 1. The Kier molecular flexibility index (Phi) is 4.12. The SMILES string of the molecule is C=C(C)CN(C)C(=O)c1ccc(Br)cc1N. The van der Waals surface area contributed by atoms with Crippen molar-refractivity contribution in [2.75, 3.05) is 19.3 Å². The Hall–Kier alpha value is -1.29. The van der Waals surface area contributed by atoms with Crippen molar-refractivity contribution in [2.24, 2.45) is 0 Å². The van der Waals surface area contributed by atoms with Crippen LogP contribution in [0.3, 0.4) is 0 Å². The fraction of sp³-hybridized carbons (Fsp3) is 0.250. The molecule has 0 saturated carbocycles. The smallest absolute Gasteiger partial charge is 0.255 e. The summed E-state index contributed by atoms with van der Waals surface area (Å²) in [5, 5.41) is 0. The first-order chi connectivity index (χ1) is 7.41. The monoisotopic (exact) mass is 282 g/mol. The molecule has 1 rings (SSSR count). The standard InChI is InChI=1S/C12H15BrN2O/c1-8(2)7-15(3)12(16)10-5-4-9(13)6-11(10)14/h4-6H,1,7,14H2,2-3H3. The highest BCUT2D eigenvalue weighted by Crippen LogP contribution is 2.19. The maximum atomic E-state index is 12.0. The van der Waals surface area contributed by atoms with Crippen LogP contribution in [0, 0.1) is 0 Å². The molecular formula is C12H15BrN2O. The molecule has 1 aromatic carbocycles. The van der Waals surface area contributed by atoms with E-state index in [1.807, 2.05) is 6.92 Å². The fourth-order valence-electron chi connectivity index (χ4n) is 1.41. The molecule has 0 radical (unpaired) electrons. The molecule has 0 unspecified atom stereocenters. The summed E-state index contributed by atoms with van der Waals surface area (Å²) in [5.74, 6) is -0.0898. The van der Waals surface area contributed by atoms with Gasteiger partial charge in [0.05, 0.1) is 5.56 Å². The molecule has 0 aromatic heterocycles. The number of halogens is 1. The molecule has 0 aliphatic rings. The lowest BCUT2D eigenvalue weighted by Crippen LogP contribution is -2.28. The summed E-state index contributed by atoms with van der Waals surface area (Å²) >= 11 is 3.30. The molecule has 16 heavy (non-hydrogen) atoms. The van der Waals surface area contributed by atoms with Gasteiger partial charge in [0.25, 0.3) is 5.91 Å². The van der Waals surface area contributed by atoms with E-state index in [1.165, 1.54) is 0 Å². The third kappa shape index (κ3) is 3.10. The second-order valence-corrected chi connectivity index (χ2v) is 4.77. The number of nitrogens with two attached hydrogens (primary N) is 1. The van der Waals surface area contributed by atoms with Crippen LogP contribution in [-0.2, 0) is 0 Å². The zero-order valence-corrected chi connectivity index (χ0v) is 11.0. The fourth-order valence-corrected chi connectivity index (χ4v) is 1.79. The van der Waals surface area contributed by atoms with Crippen molar-refractivity contribution in [1.82, 2.24) is 4.90 Å². The summed E-state index contributed by atoms with van der Waals surface area (Å²) in [7, 11) is 1.73. The Labute approximate surface area is 104 Å². The number of anilines is 1. The van der Waals surface area contributed by atoms with E-state index in [1.54, 1.807) is 30.1 Å². The quantitative estimate of drug-likeness (QED) is 0.684. The number of nitrogens with zero attached hydrogens (tertiary/aromatic N) is 1. The van der Waals surface area contributed by atoms with Crippen LogP contribution in [0.25, 0.3) is 0 Å². The number of benzene rings is 1. The van der Waals surface area contributed by atoms with Gasteiger partial charge in [-0.1, -0.05) is 28.1 Å². The van der Waals surface area contributed by atoms with Crippen LogP contribution in [0.1, 0.15) is 17.3 Å². The van der Waals surface area contributed by atoms with E-state index in [2.05, 4.69) is 22.5 Å². The number of likely N-dealkylation sites (N-methyl/N-ethyl adjacent to an activating group) is 1. The zero-order chi connectivity index (χ0) is 12.3. The highest BCUT2D eigenvalue weighted by Gasteiger charge is 2.14. The van der Waals surface area contributed by atoms with Gasteiger partial charge in [0.2, 0.25) is 0 Å². The van der Waals surface area contributed by atoms with E-state index in [0.717, 1.165) is 10.0 Å². The van der Waals surface area contributed by atoms with Gasteiger partial charge in [-0.25, -0.2) is 0 Å². The molecule has 4 heteroatoms. The normalized spacial score (nSPS) is 9.94. The number of nitrogen functional groups attached to an aromatic ring is 1. The lowest BCUT2D eigenvalue weighted by atomic mass is 10.1. The van der Waals surface area contributed by atoms with Crippen LogP contribution in [0.2, 0.25) is 0 Å². The van der Waals surface area contributed by atoms with Crippen molar-refractivity contribution in [1.29, 1.82) is 0 Å². The summed E-state index contributed by atoms with van der Waals surface area (Å²) in [4.78, 5) is 13.6. The van der Waals surface area contributed by atoms with Crippen LogP contribution in [0.4, 0.5) is 5.69 Å². The molecule has 0 saturated heterocycles. The van der Waals surface area contributed by atoms with Gasteiger partial charge in [0.15, 0.2) is 0 Å². The zero-order valence-electron chi connectivity index (χ0n) is 9.46. The first-order valence-corrected chi connectivity index (χ1v) is 5.66. The predicted octanol–water partition coefficient (Wildman–Crippen LogP) is 2.68. The van der Waals surface area contributed by atoms with Crippen molar-refractivity contribution in [3.63, 3.8) is 0 Å². The Balaban J connectivity index is 2.92. The van der Waals surface area contributed by atoms with Gasteiger partial charge in [0.1, 0.15) is 0 Å². The van der Waals surface area contributed by atoms with E-state index in [9.17, 15) is 4.79 Å². The average Bonchev–Trinajstić information content (AvgIpc) is 2.15. The number of amides is 1. The van der Waals surface area contributed by atoms with Gasteiger partial charge in [-0.3, -0.25) is 4.79 Å². The van der Waals surface area contributed by atoms with Gasteiger partial charge < -0.3 is 10.6 Å². The lowest BCUT2D eigenvalue weighted by Gasteiger charge is -2.18. The topological polar surface area (TPSA) is 46.3 Å². The van der Waals surface area contributed by atoms with Gasteiger partial charge in [-0.05, 0) is 25.1 Å². The molecule has 0 aliphatic heterocycles. The second kappa shape index (κ2) is 5.16. The van der Waals surface area contributed by atoms with Crippen molar-refractivity contribution in [3.05, 3.63) is 40.4 Å². The molecule has 2 N–H and O–H groups in total. The minimum Gasteiger partial charge on any atom is -0.398 e. The van der Waals surface area contributed by atoms with Crippen LogP contribution < -0.4 is 5.73 Å². The largest absolute Gasteiger partial charge is 0.398 e. The number of rotatable bonds is 3. The first kappa shape index (κ1) is 12.8. The van der Waals surface area contributed by atoms with Crippen molar-refractivity contribution < 1.29 is 4.79 Å². The predicted molar refractivity (Wildman–Crippen MR) is 70.3 cm³/mol. The van der Waals surface area contributed by atoms with Crippen LogP contribution in [0.5, 0.6) is 0 Å². The molecule has 0 fully saturated rings. The average molecular weight is 283 g/mol. The summed E-state index contributed by atoms with van der Waals surface area (Å²) in [6.45, 7) is 6.19. The highest BCUT2D eigenvalue weighted by molar-refractivity contribution is 9.10. The Morgan fingerprint density at radius 2 is 2.19 bits per heavy atom. The molecule has 1 amide bonds. The highest BCUT2D eigenvalue weighted by atomic mass is 79.9. The number of hydrogen-bond donors (Lipinski definition) is 1. The van der Waals surface area contributed by atoms with Crippen molar-refractivity contribution in [2.45, 2.75) is 6.92 Å². The second-order valence-electron chi connectivity index (χ2n) is 3.85. The van der Waals surface area contributed by atoms with E-state index in [-0.39, 0.29) is 5.91 Å². The van der Waals surface area contributed by atoms with E-state index in [4.69, 9.17) is 5.73 Å². The van der Waals surface area contributed by atoms with Crippen molar-refractivity contribution in [3.8, 4) is 0 Å². The van der Waals surface area contributed by atoms with E-state index in [0.29, 0.717) is 17.8 Å². The Bertz CT molecular complexity index is 429. The maximum absolute atomic E-state index is 12.0. The third-order valence-corrected chi connectivity index (χ3v) is 2.59. The third-order valence-electron chi connectivity index (χ3n) is 2.10. The summed E-state index contributed by atoms with van der Waals surface area (Å²) in [5.41, 5.74) is 7.73. The molecule has 3 nitrogen and oxygen atoms in total. The van der Waals surface area contributed by atoms with Crippen LogP contribution >= 0.6 is 15.9 Å². The molecule has 0 bridgehead atoms. The summed E-state index contributed by atoms with van der Waals surface area (Å²) in [6.07, 6.45) is 0. The van der Waals surface area contributed by atoms with Gasteiger partial charge in [0, 0.05) is 23.8 Å². The minimum atomic E-state index is -0.0898. The maximum Gasteiger partial charge on any atom is 0.255 e. The van der Waals surface area contributed by atoms with E-state index < -0.39 is 0 Å². The van der Waals surface area contributed by atoms with Crippen molar-refractivity contribution >= 4 is 27.5 Å². The number of hydrogen-bond acceptors (Lipinski definition) is 2. The Morgan fingerprint density at radius 1 is 1.56 bits per heavy atom. The summed E-state index contributed by atoms with van der Waals surface area (Å²) < 4.78 is 0.865. The molecular weight excluding hydrogens is 268 g/mol. The first-order valence-electron chi connectivity index (χ1n) is 4.86. The molecule has 0 atom stereocenters. The Morgan fingerprint density at radius 3 is 2.69 bits per heavy atom. The van der Waals surface area contributed by atoms with Gasteiger partial charge in [-0.15, -0.1) is 0 Å². The van der Waals surface area contributed by atoms with Gasteiger partial charge >= 0.3 is 0 Å². The van der Waals surface area contributed by atoms with Gasteiger partial charge in [-0.2, -0.15) is 0 Å². The lowest BCUT2D eigenvalue weighted by molar-refractivity contribution is 0.0808. The molecule has 86 valence electrons. The van der Waals surface area contributed by atoms with Crippen LogP contribution in [-0.4, -0.2) is 24.4 Å². The number of carbonyl (C=O) groups is 1.